The van der Waals surface area contributed by atoms with Crippen molar-refractivity contribution in [1.29, 1.82) is 0 Å². The van der Waals surface area contributed by atoms with Crippen molar-refractivity contribution < 1.29 is 9.53 Å². The maximum atomic E-state index is 12.8. The van der Waals surface area contributed by atoms with E-state index in [1.54, 1.807) is 18.7 Å². The topological polar surface area (TPSA) is 29.5 Å². The standard InChI is InChI=1S/C18H18ClNO2/c1-12-4-9-16-15(10-12)20(17(21)18(2,3)22-16)11-13-5-7-14(19)8-6-13/h4-10H,11H2,1-3H3. The number of carbonyl (C=O) groups excluding carboxylic acids is 1. The molecule has 0 N–H and O–H groups in total. The minimum Gasteiger partial charge on any atom is -0.476 e. The molecule has 3 rings (SSSR count). The first-order valence-corrected chi connectivity index (χ1v) is 7.61. The first-order valence-electron chi connectivity index (χ1n) is 7.23. The molecule has 0 bridgehead atoms. The Morgan fingerprint density at radius 1 is 1.14 bits per heavy atom. The van der Waals surface area contributed by atoms with Crippen molar-refractivity contribution in [2.45, 2.75) is 32.9 Å². The molecule has 0 spiro atoms. The molecular formula is C18H18ClNO2. The molecule has 1 aliphatic rings. The van der Waals surface area contributed by atoms with Crippen LogP contribution in [0.1, 0.15) is 25.0 Å². The number of nitrogens with zero attached hydrogens (tertiary/aromatic N) is 1. The van der Waals surface area contributed by atoms with Crippen molar-refractivity contribution in [3.05, 3.63) is 58.6 Å². The van der Waals surface area contributed by atoms with Crippen LogP contribution in [0.5, 0.6) is 5.75 Å². The number of amides is 1. The Kier molecular flexibility index (Phi) is 3.61. The third-order valence-corrected chi connectivity index (χ3v) is 4.04. The number of fused-ring (bicyclic) bond motifs is 1. The normalized spacial score (nSPS) is 16.2. The van der Waals surface area contributed by atoms with E-state index in [0.29, 0.717) is 11.6 Å². The summed E-state index contributed by atoms with van der Waals surface area (Å²) in [5.41, 5.74) is 2.08. The van der Waals surface area contributed by atoms with Crippen LogP contribution in [0.15, 0.2) is 42.5 Å². The SMILES string of the molecule is Cc1ccc2c(c1)N(Cc1ccc(Cl)cc1)C(=O)C(C)(C)O2. The van der Waals surface area contributed by atoms with Gasteiger partial charge in [0, 0.05) is 5.02 Å². The molecule has 0 aliphatic carbocycles. The molecule has 1 amide bonds. The van der Waals surface area contributed by atoms with Crippen LogP contribution in [0, 0.1) is 6.92 Å². The number of hydrogen-bond donors (Lipinski definition) is 0. The molecular weight excluding hydrogens is 298 g/mol. The van der Waals surface area contributed by atoms with Crippen molar-refractivity contribution in [2.24, 2.45) is 0 Å². The zero-order valence-corrected chi connectivity index (χ0v) is 13.6. The Hall–Kier alpha value is -2.00. The average Bonchev–Trinajstić information content (AvgIpc) is 2.47. The van der Waals surface area contributed by atoms with Gasteiger partial charge in [-0.05, 0) is 56.2 Å². The quantitative estimate of drug-likeness (QED) is 0.824. The van der Waals surface area contributed by atoms with Gasteiger partial charge in [-0.3, -0.25) is 4.79 Å². The fourth-order valence-electron chi connectivity index (χ4n) is 2.61. The van der Waals surface area contributed by atoms with Gasteiger partial charge in [0.15, 0.2) is 5.60 Å². The van der Waals surface area contributed by atoms with Gasteiger partial charge in [-0.2, -0.15) is 0 Å². The number of carbonyl (C=O) groups is 1. The first-order chi connectivity index (χ1) is 10.4. The highest BCUT2D eigenvalue weighted by Gasteiger charge is 2.40. The number of anilines is 1. The summed E-state index contributed by atoms with van der Waals surface area (Å²) in [4.78, 5) is 14.6. The summed E-state index contributed by atoms with van der Waals surface area (Å²) in [6.07, 6.45) is 0. The molecule has 2 aromatic rings. The Morgan fingerprint density at radius 3 is 2.50 bits per heavy atom. The highest BCUT2D eigenvalue weighted by molar-refractivity contribution is 6.30. The summed E-state index contributed by atoms with van der Waals surface area (Å²) in [6.45, 7) is 6.10. The Labute approximate surface area is 135 Å². The van der Waals surface area contributed by atoms with Crippen LogP contribution in [0.2, 0.25) is 5.02 Å². The second kappa shape index (κ2) is 5.33. The largest absolute Gasteiger partial charge is 0.476 e. The van der Waals surface area contributed by atoms with Crippen LogP contribution in [0.3, 0.4) is 0 Å². The highest BCUT2D eigenvalue weighted by Crippen LogP contribution is 2.39. The van der Waals surface area contributed by atoms with Crippen LogP contribution in [0.25, 0.3) is 0 Å². The highest BCUT2D eigenvalue weighted by atomic mass is 35.5. The molecule has 0 radical (unpaired) electrons. The number of benzene rings is 2. The summed E-state index contributed by atoms with van der Waals surface area (Å²) in [7, 11) is 0. The predicted octanol–water partition coefficient (Wildman–Crippen LogP) is 4.35. The number of ether oxygens (including phenoxy) is 1. The van der Waals surface area contributed by atoms with Crippen molar-refractivity contribution >= 4 is 23.2 Å². The van der Waals surface area contributed by atoms with Crippen molar-refractivity contribution in [3.63, 3.8) is 0 Å². The van der Waals surface area contributed by atoms with Gasteiger partial charge in [0.25, 0.3) is 5.91 Å². The second-order valence-corrected chi connectivity index (χ2v) is 6.54. The summed E-state index contributed by atoms with van der Waals surface area (Å²) >= 11 is 5.93. The molecule has 1 aliphatic heterocycles. The molecule has 1 heterocycles. The lowest BCUT2D eigenvalue weighted by Crippen LogP contribution is -2.52. The molecule has 114 valence electrons. The van der Waals surface area contributed by atoms with Crippen LogP contribution in [0.4, 0.5) is 5.69 Å². The lowest BCUT2D eigenvalue weighted by molar-refractivity contribution is -0.132. The van der Waals surface area contributed by atoms with E-state index in [0.717, 1.165) is 22.6 Å². The van der Waals surface area contributed by atoms with E-state index in [2.05, 4.69) is 0 Å². The van der Waals surface area contributed by atoms with Crippen LogP contribution in [-0.2, 0) is 11.3 Å². The fourth-order valence-corrected chi connectivity index (χ4v) is 2.73. The van der Waals surface area contributed by atoms with E-state index in [4.69, 9.17) is 16.3 Å². The van der Waals surface area contributed by atoms with Gasteiger partial charge in [0.05, 0.1) is 12.2 Å². The fraction of sp³-hybridized carbons (Fsp3) is 0.278. The van der Waals surface area contributed by atoms with E-state index in [1.165, 1.54) is 0 Å². The molecule has 0 aromatic heterocycles. The van der Waals surface area contributed by atoms with E-state index in [1.807, 2.05) is 49.4 Å². The third-order valence-electron chi connectivity index (χ3n) is 3.78. The number of halogens is 1. The Morgan fingerprint density at radius 2 is 1.82 bits per heavy atom. The molecule has 3 nitrogen and oxygen atoms in total. The molecule has 0 saturated carbocycles. The third kappa shape index (κ3) is 2.69. The minimum absolute atomic E-state index is 0.0412. The molecule has 4 heteroatoms. The maximum absolute atomic E-state index is 12.8. The average molecular weight is 316 g/mol. The monoisotopic (exact) mass is 315 g/mol. The number of rotatable bonds is 2. The summed E-state index contributed by atoms with van der Waals surface area (Å²) in [5.74, 6) is 0.699. The second-order valence-electron chi connectivity index (χ2n) is 6.10. The van der Waals surface area contributed by atoms with E-state index in [9.17, 15) is 4.79 Å². The van der Waals surface area contributed by atoms with Gasteiger partial charge in [0.1, 0.15) is 5.75 Å². The minimum atomic E-state index is -0.866. The number of aryl methyl sites for hydroxylation is 1. The summed E-state index contributed by atoms with van der Waals surface area (Å²) in [6, 6.07) is 13.5. The van der Waals surface area contributed by atoms with E-state index < -0.39 is 5.60 Å². The van der Waals surface area contributed by atoms with Gasteiger partial charge < -0.3 is 9.64 Å². The zero-order chi connectivity index (χ0) is 15.9. The van der Waals surface area contributed by atoms with Crippen LogP contribution >= 0.6 is 11.6 Å². The van der Waals surface area contributed by atoms with Crippen LogP contribution < -0.4 is 9.64 Å². The van der Waals surface area contributed by atoms with Crippen molar-refractivity contribution in [3.8, 4) is 5.75 Å². The molecule has 2 aromatic carbocycles. The lowest BCUT2D eigenvalue weighted by Gasteiger charge is -2.39. The smallest absolute Gasteiger partial charge is 0.271 e. The molecule has 0 saturated heterocycles. The first kappa shape index (κ1) is 14.9. The Balaban J connectivity index is 2.02. The van der Waals surface area contributed by atoms with Gasteiger partial charge in [-0.25, -0.2) is 0 Å². The summed E-state index contributed by atoms with van der Waals surface area (Å²) in [5, 5.41) is 0.689. The van der Waals surface area contributed by atoms with Gasteiger partial charge in [-0.1, -0.05) is 29.8 Å². The maximum Gasteiger partial charge on any atom is 0.271 e. The molecule has 0 fully saturated rings. The molecule has 0 unspecified atom stereocenters. The Bertz CT molecular complexity index is 722. The van der Waals surface area contributed by atoms with Crippen molar-refractivity contribution in [2.75, 3.05) is 4.90 Å². The van der Waals surface area contributed by atoms with Crippen molar-refractivity contribution in [1.82, 2.24) is 0 Å². The molecule has 0 atom stereocenters. The molecule has 22 heavy (non-hydrogen) atoms. The van der Waals surface area contributed by atoms with E-state index in [-0.39, 0.29) is 5.91 Å². The van der Waals surface area contributed by atoms with Crippen LogP contribution in [-0.4, -0.2) is 11.5 Å². The van der Waals surface area contributed by atoms with Gasteiger partial charge >= 0.3 is 0 Å². The predicted molar refractivity (Wildman–Crippen MR) is 88.5 cm³/mol. The lowest BCUT2D eigenvalue weighted by atomic mass is 10.0. The van der Waals surface area contributed by atoms with E-state index >= 15 is 0 Å². The number of hydrogen-bond acceptors (Lipinski definition) is 2. The van der Waals surface area contributed by atoms with Gasteiger partial charge in [0.2, 0.25) is 0 Å². The van der Waals surface area contributed by atoms with Gasteiger partial charge in [-0.15, -0.1) is 0 Å². The summed E-state index contributed by atoms with van der Waals surface area (Å²) < 4.78 is 5.86. The zero-order valence-electron chi connectivity index (χ0n) is 12.9.